The highest BCUT2D eigenvalue weighted by Crippen LogP contribution is 2.18. The number of amides is 1. The fraction of sp³-hybridized carbons (Fsp3) is 0.167. The van der Waals surface area contributed by atoms with Crippen LogP contribution in [-0.4, -0.2) is 15.9 Å². The highest BCUT2D eigenvalue weighted by atomic mass is 16.1. The zero-order chi connectivity index (χ0) is 16.0. The molecule has 3 rings (SSSR count). The summed E-state index contributed by atoms with van der Waals surface area (Å²) in [4.78, 5) is 18.1. The molecule has 4 heteroatoms. The van der Waals surface area contributed by atoms with Crippen molar-refractivity contribution < 1.29 is 4.79 Å². The maximum atomic E-state index is 11.6. The second-order valence-corrected chi connectivity index (χ2v) is 5.74. The lowest BCUT2D eigenvalue weighted by Crippen LogP contribution is -2.21. The quantitative estimate of drug-likeness (QED) is 0.661. The molecule has 0 atom stereocenters. The van der Waals surface area contributed by atoms with Crippen LogP contribution in [-0.2, 0) is 0 Å². The number of hydrogen-bond donors (Lipinski definition) is 3. The van der Waals surface area contributed by atoms with Crippen LogP contribution in [0.25, 0.3) is 23.6 Å². The molecule has 2 heterocycles. The standard InChI is InChI=1S/C18H19N3O/c1-9-5-6-15-14(7-9)13(11(3)20-15)8-16-10(2)17(18(19)22)12(4)21-16/h5-8,20-21H,3H2,1-2,4H3,(H2,19,22)/b13-8+. The van der Waals surface area contributed by atoms with Crippen molar-refractivity contribution in [1.82, 2.24) is 9.97 Å². The van der Waals surface area contributed by atoms with Crippen molar-refractivity contribution in [1.29, 1.82) is 0 Å². The summed E-state index contributed by atoms with van der Waals surface area (Å²) in [6.07, 6.45) is 2.02. The summed E-state index contributed by atoms with van der Waals surface area (Å²) in [5.41, 5.74) is 10.8. The van der Waals surface area contributed by atoms with Crippen molar-refractivity contribution in [2.45, 2.75) is 20.8 Å². The van der Waals surface area contributed by atoms with Gasteiger partial charge in [-0.15, -0.1) is 0 Å². The zero-order valence-electron chi connectivity index (χ0n) is 13.0. The van der Waals surface area contributed by atoms with Crippen molar-refractivity contribution in [2.75, 3.05) is 0 Å². The summed E-state index contributed by atoms with van der Waals surface area (Å²) in [7, 11) is 0. The molecule has 3 aromatic rings. The first-order chi connectivity index (χ1) is 10.4. The van der Waals surface area contributed by atoms with Crippen LogP contribution in [0.4, 0.5) is 0 Å². The number of benzene rings is 1. The summed E-state index contributed by atoms with van der Waals surface area (Å²) in [5.74, 6) is -0.407. The Morgan fingerprint density at radius 1 is 1.23 bits per heavy atom. The number of hydrogen-bond acceptors (Lipinski definition) is 1. The van der Waals surface area contributed by atoms with E-state index in [4.69, 9.17) is 5.73 Å². The van der Waals surface area contributed by atoms with Crippen LogP contribution in [0.5, 0.6) is 0 Å². The molecule has 1 amide bonds. The number of primary amides is 1. The number of nitrogens with two attached hydrogens (primary N) is 1. The summed E-state index contributed by atoms with van der Waals surface area (Å²) in [6.45, 7) is 9.91. The van der Waals surface area contributed by atoms with Gasteiger partial charge in [-0.05, 0) is 44.5 Å². The summed E-state index contributed by atoms with van der Waals surface area (Å²) in [6, 6.07) is 6.25. The van der Waals surface area contributed by atoms with Gasteiger partial charge in [0.2, 0.25) is 0 Å². The number of aromatic nitrogens is 2. The molecular weight excluding hydrogens is 274 g/mol. The molecule has 0 saturated heterocycles. The third-order valence-electron chi connectivity index (χ3n) is 4.09. The molecule has 4 N–H and O–H groups in total. The highest BCUT2D eigenvalue weighted by molar-refractivity contribution is 5.96. The van der Waals surface area contributed by atoms with Gasteiger partial charge in [0.25, 0.3) is 5.91 Å². The number of aromatic amines is 2. The van der Waals surface area contributed by atoms with Crippen LogP contribution in [0.3, 0.4) is 0 Å². The zero-order valence-corrected chi connectivity index (χ0v) is 13.0. The number of nitrogens with one attached hydrogen (secondary N) is 2. The first-order valence-corrected chi connectivity index (χ1v) is 7.16. The smallest absolute Gasteiger partial charge is 0.250 e. The van der Waals surface area contributed by atoms with Crippen molar-refractivity contribution in [3.8, 4) is 0 Å². The fourth-order valence-corrected chi connectivity index (χ4v) is 2.98. The first kappa shape index (κ1) is 14.2. The second-order valence-electron chi connectivity index (χ2n) is 5.74. The average Bonchev–Trinajstić information content (AvgIpc) is 2.88. The summed E-state index contributed by atoms with van der Waals surface area (Å²) >= 11 is 0. The number of fused-ring (bicyclic) bond motifs is 1. The topological polar surface area (TPSA) is 74.7 Å². The Labute approximate surface area is 128 Å². The van der Waals surface area contributed by atoms with E-state index in [1.54, 1.807) is 0 Å². The predicted molar refractivity (Wildman–Crippen MR) is 90.2 cm³/mol. The summed E-state index contributed by atoms with van der Waals surface area (Å²) in [5, 5.41) is 3.00. The largest absolute Gasteiger partial charge is 0.366 e. The van der Waals surface area contributed by atoms with Crippen LogP contribution in [0.2, 0.25) is 0 Å². The molecule has 22 heavy (non-hydrogen) atoms. The van der Waals surface area contributed by atoms with Gasteiger partial charge in [-0.25, -0.2) is 0 Å². The lowest BCUT2D eigenvalue weighted by Gasteiger charge is -1.95. The Balaban J connectivity index is 2.33. The fourth-order valence-electron chi connectivity index (χ4n) is 2.98. The molecule has 0 fully saturated rings. The van der Waals surface area contributed by atoms with E-state index in [2.05, 4.69) is 41.7 Å². The van der Waals surface area contributed by atoms with Crippen molar-refractivity contribution in [3.63, 3.8) is 0 Å². The van der Waals surface area contributed by atoms with Gasteiger partial charge in [0, 0.05) is 32.9 Å². The molecule has 0 saturated carbocycles. The SMILES string of the molecule is C=c1[nH]c2ccc(C)cc2/c1=C/c1[nH]c(C)c(C(N)=O)c1C. The maximum Gasteiger partial charge on any atom is 0.250 e. The Morgan fingerprint density at radius 3 is 2.59 bits per heavy atom. The number of carbonyl (C=O) groups is 1. The molecule has 0 spiro atoms. The molecule has 0 unspecified atom stereocenters. The summed E-state index contributed by atoms with van der Waals surface area (Å²) < 4.78 is 0. The van der Waals surface area contributed by atoms with E-state index in [1.165, 1.54) is 5.56 Å². The second kappa shape index (κ2) is 4.91. The molecule has 0 radical (unpaired) electrons. The number of aryl methyl sites for hydroxylation is 2. The van der Waals surface area contributed by atoms with Gasteiger partial charge in [0.15, 0.2) is 0 Å². The van der Waals surface area contributed by atoms with Crippen molar-refractivity contribution in [2.24, 2.45) is 5.73 Å². The number of rotatable bonds is 2. The van der Waals surface area contributed by atoms with Gasteiger partial charge in [-0.2, -0.15) is 0 Å². The monoisotopic (exact) mass is 293 g/mol. The predicted octanol–water partition coefficient (Wildman–Crippen LogP) is 1.76. The van der Waals surface area contributed by atoms with Gasteiger partial charge in [-0.1, -0.05) is 18.2 Å². The third-order valence-corrected chi connectivity index (χ3v) is 4.09. The van der Waals surface area contributed by atoms with Crippen molar-refractivity contribution >= 4 is 29.5 Å². The van der Waals surface area contributed by atoms with Crippen LogP contribution >= 0.6 is 0 Å². The van der Waals surface area contributed by atoms with Gasteiger partial charge >= 0.3 is 0 Å². The molecule has 112 valence electrons. The van der Waals surface area contributed by atoms with Gasteiger partial charge < -0.3 is 15.7 Å². The Kier molecular flexibility index (Phi) is 3.17. The molecule has 0 bridgehead atoms. The normalized spacial score (nSPS) is 12.2. The van der Waals surface area contributed by atoms with Crippen molar-refractivity contribution in [3.05, 3.63) is 56.8 Å². The molecule has 0 aliphatic carbocycles. The minimum Gasteiger partial charge on any atom is -0.366 e. The highest BCUT2D eigenvalue weighted by Gasteiger charge is 2.14. The Bertz CT molecular complexity index is 1010. The molecule has 1 aromatic carbocycles. The van der Waals surface area contributed by atoms with Gasteiger partial charge in [0.1, 0.15) is 0 Å². The van der Waals surface area contributed by atoms with E-state index in [1.807, 2.05) is 19.9 Å². The van der Waals surface area contributed by atoms with E-state index < -0.39 is 5.91 Å². The van der Waals surface area contributed by atoms with E-state index in [0.717, 1.165) is 38.4 Å². The van der Waals surface area contributed by atoms with Crippen LogP contribution in [0.1, 0.15) is 32.9 Å². The molecule has 2 aromatic heterocycles. The lowest BCUT2D eigenvalue weighted by molar-refractivity contribution is 0.0999. The molecule has 0 aliphatic heterocycles. The minimum atomic E-state index is -0.407. The van der Waals surface area contributed by atoms with E-state index in [9.17, 15) is 4.79 Å². The lowest BCUT2D eigenvalue weighted by atomic mass is 10.1. The molecule has 0 aliphatic rings. The van der Waals surface area contributed by atoms with Crippen LogP contribution in [0, 0.1) is 20.8 Å². The minimum absolute atomic E-state index is 0.407. The van der Waals surface area contributed by atoms with E-state index in [0.29, 0.717) is 5.56 Å². The Morgan fingerprint density at radius 2 is 1.95 bits per heavy atom. The number of H-pyrrole nitrogens is 2. The number of carbonyl (C=O) groups excluding carboxylic acids is 1. The maximum absolute atomic E-state index is 11.6. The first-order valence-electron chi connectivity index (χ1n) is 7.16. The third kappa shape index (κ3) is 2.13. The molecule has 4 nitrogen and oxygen atoms in total. The van der Waals surface area contributed by atoms with Gasteiger partial charge in [-0.3, -0.25) is 4.79 Å². The molecular formula is C18H19N3O. The van der Waals surface area contributed by atoms with Gasteiger partial charge in [0.05, 0.1) is 5.56 Å². The van der Waals surface area contributed by atoms with E-state index >= 15 is 0 Å². The van der Waals surface area contributed by atoms with E-state index in [-0.39, 0.29) is 0 Å². The Hall–Kier alpha value is -2.75. The van der Waals surface area contributed by atoms with Crippen LogP contribution in [0.15, 0.2) is 18.2 Å². The van der Waals surface area contributed by atoms with Crippen LogP contribution < -0.4 is 16.3 Å². The average molecular weight is 293 g/mol.